The van der Waals surface area contributed by atoms with Crippen molar-refractivity contribution in [1.82, 2.24) is 0 Å². The lowest BCUT2D eigenvalue weighted by Crippen LogP contribution is -2.14. The van der Waals surface area contributed by atoms with Crippen LogP contribution in [0, 0.1) is 17.1 Å². The van der Waals surface area contributed by atoms with Gasteiger partial charge in [-0.3, -0.25) is 4.79 Å². The van der Waals surface area contributed by atoms with Crippen molar-refractivity contribution < 1.29 is 9.18 Å². The molecule has 0 bridgehead atoms. The second-order valence-corrected chi connectivity index (χ2v) is 2.53. The van der Waals surface area contributed by atoms with Crippen LogP contribution < -0.4 is 5.73 Å². The Morgan fingerprint density at radius 2 is 2.31 bits per heavy atom. The topological polar surface area (TPSA) is 66.9 Å². The van der Waals surface area contributed by atoms with Gasteiger partial charge in [-0.2, -0.15) is 5.26 Å². The van der Waals surface area contributed by atoms with Crippen LogP contribution in [0.5, 0.6) is 0 Å². The number of carbonyl (C=O) groups excluding carboxylic acids is 1. The maximum atomic E-state index is 13.2. The molecule has 4 heteroatoms. The number of benzene rings is 1. The summed E-state index contributed by atoms with van der Waals surface area (Å²) in [4.78, 5) is 10.5. The molecule has 0 aliphatic heterocycles. The molecular weight excluding hydrogens is 171 g/mol. The first-order valence-corrected chi connectivity index (χ1v) is 3.61. The third-order valence-electron chi connectivity index (χ3n) is 1.56. The Bertz CT molecular complexity index is 382. The van der Waals surface area contributed by atoms with Crippen molar-refractivity contribution >= 4 is 5.91 Å². The van der Waals surface area contributed by atoms with Gasteiger partial charge in [0.2, 0.25) is 5.91 Å². The van der Waals surface area contributed by atoms with E-state index in [-0.39, 0.29) is 17.5 Å². The first-order chi connectivity index (χ1) is 6.15. The van der Waals surface area contributed by atoms with Crippen LogP contribution in [0.15, 0.2) is 18.2 Å². The molecule has 0 fully saturated rings. The van der Waals surface area contributed by atoms with E-state index in [4.69, 9.17) is 11.0 Å². The molecule has 0 spiro atoms. The zero-order valence-electron chi connectivity index (χ0n) is 6.75. The number of nitriles is 1. The minimum atomic E-state index is -0.663. The number of carbonyl (C=O) groups is 1. The maximum Gasteiger partial charge on any atom is 0.221 e. The number of hydrogen-bond donors (Lipinski definition) is 1. The molecule has 0 atom stereocenters. The smallest absolute Gasteiger partial charge is 0.221 e. The number of nitrogens with zero attached hydrogens (tertiary/aromatic N) is 1. The molecule has 0 radical (unpaired) electrons. The van der Waals surface area contributed by atoms with E-state index in [1.807, 2.05) is 0 Å². The van der Waals surface area contributed by atoms with Crippen molar-refractivity contribution in [2.75, 3.05) is 0 Å². The number of hydrogen-bond acceptors (Lipinski definition) is 2. The molecule has 0 aliphatic carbocycles. The molecule has 2 N–H and O–H groups in total. The fraction of sp³-hybridized carbons (Fsp3) is 0.111. The van der Waals surface area contributed by atoms with Crippen molar-refractivity contribution in [2.24, 2.45) is 5.73 Å². The number of nitrogens with two attached hydrogens (primary N) is 1. The summed E-state index contributed by atoms with van der Waals surface area (Å²) in [6.07, 6.45) is -0.179. The van der Waals surface area contributed by atoms with E-state index in [0.29, 0.717) is 0 Å². The number of amides is 1. The number of halogens is 1. The highest BCUT2D eigenvalue weighted by Crippen LogP contribution is 2.12. The van der Waals surface area contributed by atoms with Gasteiger partial charge in [-0.25, -0.2) is 4.39 Å². The van der Waals surface area contributed by atoms with Crippen LogP contribution in [0.25, 0.3) is 0 Å². The van der Waals surface area contributed by atoms with E-state index in [1.165, 1.54) is 18.2 Å². The zero-order valence-corrected chi connectivity index (χ0v) is 6.75. The summed E-state index contributed by atoms with van der Waals surface area (Å²) in [6, 6.07) is 5.97. The van der Waals surface area contributed by atoms with Gasteiger partial charge in [0, 0.05) is 0 Å². The van der Waals surface area contributed by atoms with Gasteiger partial charge in [0.05, 0.1) is 12.0 Å². The van der Waals surface area contributed by atoms with Gasteiger partial charge in [-0.1, -0.05) is 12.1 Å². The van der Waals surface area contributed by atoms with E-state index in [0.717, 1.165) is 0 Å². The third kappa shape index (κ3) is 2.03. The predicted molar refractivity (Wildman–Crippen MR) is 44.0 cm³/mol. The van der Waals surface area contributed by atoms with Gasteiger partial charge in [0.1, 0.15) is 11.9 Å². The summed E-state index contributed by atoms with van der Waals surface area (Å²) in [5, 5.41) is 8.47. The molecule has 1 aromatic rings. The Morgan fingerprint density at radius 1 is 1.62 bits per heavy atom. The van der Waals surface area contributed by atoms with Crippen LogP contribution in [-0.4, -0.2) is 5.91 Å². The van der Waals surface area contributed by atoms with Crippen LogP contribution in [0.1, 0.15) is 11.1 Å². The molecule has 0 aromatic heterocycles. The Balaban J connectivity index is 3.10. The largest absolute Gasteiger partial charge is 0.369 e. The summed E-state index contributed by atoms with van der Waals surface area (Å²) in [5.41, 5.74) is 4.98. The van der Waals surface area contributed by atoms with E-state index in [2.05, 4.69) is 0 Å². The molecule has 66 valence electrons. The molecule has 3 nitrogen and oxygen atoms in total. The lowest BCUT2D eigenvalue weighted by Gasteiger charge is -2.00. The van der Waals surface area contributed by atoms with Gasteiger partial charge >= 0.3 is 0 Å². The van der Waals surface area contributed by atoms with Crippen LogP contribution in [0.3, 0.4) is 0 Å². The molecule has 0 aliphatic rings. The van der Waals surface area contributed by atoms with Crippen LogP contribution in [-0.2, 0) is 11.2 Å². The van der Waals surface area contributed by atoms with E-state index in [9.17, 15) is 9.18 Å². The highest BCUT2D eigenvalue weighted by atomic mass is 19.1. The standard InChI is InChI=1S/C9H7FN2O/c10-9-6(4-8(12)13)2-1-3-7(9)5-11/h1-3H,4H2,(H2,12,13). The first-order valence-electron chi connectivity index (χ1n) is 3.61. The van der Waals surface area contributed by atoms with Crippen molar-refractivity contribution in [3.05, 3.63) is 35.1 Å². The van der Waals surface area contributed by atoms with Crippen molar-refractivity contribution in [1.29, 1.82) is 5.26 Å². The monoisotopic (exact) mass is 178 g/mol. The number of rotatable bonds is 2. The SMILES string of the molecule is N#Cc1cccc(CC(N)=O)c1F. The molecular formula is C9H7FN2O. The summed E-state index contributed by atoms with van der Waals surface area (Å²) >= 11 is 0. The van der Waals surface area contributed by atoms with Gasteiger partial charge in [-0.15, -0.1) is 0 Å². The van der Waals surface area contributed by atoms with E-state index >= 15 is 0 Å². The second kappa shape index (κ2) is 3.68. The van der Waals surface area contributed by atoms with Gasteiger partial charge in [-0.05, 0) is 11.6 Å². The van der Waals surface area contributed by atoms with Crippen LogP contribution in [0.2, 0.25) is 0 Å². The summed E-state index contributed by atoms with van der Waals surface area (Å²) in [7, 11) is 0. The average Bonchev–Trinajstić information content (AvgIpc) is 2.08. The molecule has 13 heavy (non-hydrogen) atoms. The molecule has 0 saturated heterocycles. The minimum absolute atomic E-state index is 0.0706. The zero-order chi connectivity index (χ0) is 9.84. The van der Waals surface area contributed by atoms with Crippen molar-refractivity contribution in [3.63, 3.8) is 0 Å². The Labute approximate surface area is 74.6 Å². The van der Waals surface area contributed by atoms with Crippen LogP contribution >= 0.6 is 0 Å². The first kappa shape index (κ1) is 9.20. The number of primary amides is 1. The highest BCUT2D eigenvalue weighted by Gasteiger charge is 2.08. The maximum absolute atomic E-state index is 13.2. The summed E-state index contributed by atoms with van der Waals surface area (Å²) in [6.45, 7) is 0. The normalized spacial score (nSPS) is 9.23. The average molecular weight is 178 g/mol. The van der Waals surface area contributed by atoms with Crippen molar-refractivity contribution in [3.8, 4) is 6.07 Å². The summed E-state index contributed by atoms with van der Waals surface area (Å²) in [5.74, 6) is -1.28. The highest BCUT2D eigenvalue weighted by molar-refractivity contribution is 5.76. The second-order valence-electron chi connectivity index (χ2n) is 2.53. The molecule has 1 aromatic carbocycles. The summed E-state index contributed by atoms with van der Waals surface area (Å²) < 4.78 is 13.2. The van der Waals surface area contributed by atoms with Gasteiger partial charge in [0.15, 0.2) is 0 Å². The molecule has 0 heterocycles. The van der Waals surface area contributed by atoms with Crippen molar-refractivity contribution in [2.45, 2.75) is 6.42 Å². The fourth-order valence-corrected chi connectivity index (χ4v) is 0.990. The Morgan fingerprint density at radius 3 is 2.85 bits per heavy atom. The molecule has 0 saturated carbocycles. The Hall–Kier alpha value is -1.89. The minimum Gasteiger partial charge on any atom is -0.369 e. The third-order valence-corrected chi connectivity index (χ3v) is 1.56. The van der Waals surface area contributed by atoms with Gasteiger partial charge < -0.3 is 5.73 Å². The van der Waals surface area contributed by atoms with Crippen LogP contribution in [0.4, 0.5) is 4.39 Å². The Kier molecular flexibility index (Phi) is 2.60. The lowest BCUT2D eigenvalue weighted by molar-refractivity contribution is -0.117. The van der Waals surface area contributed by atoms with E-state index < -0.39 is 11.7 Å². The molecule has 1 rings (SSSR count). The molecule has 1 amide bonds. The molecule has 0 unspecified atom stereocenters. The van der Waals surface area contributed by atoms with E-state index in [1.54, 1.807) is 6.07 Å². The lowest BCUT2D eigenvalue weighted by atomic mass is 10.1. The fourth-order valence-electron chi connectivity index (χ4n) is 0.990. The quantitative estimate of drug-likeness (QED) is 0.725. The predicted octanol–water partition coefficient (Wildman–Crippen LogP) is 0.725. The van der Waals surface area contributed by atoms with Gasteiger partial charge in [0.25, 0.3) is 0 Å².